The summed E-state index contributed by atoms with van der Waals surface area (Å²) < 4.78 is 50.3. The zero-order chi connectivity index (χ0) is 24.7. The van der Waals surface area contributed by atoms with Crippen LogP contribution in [0.15, 0.2) is 52.7 Å². The van der Waals surface area contributed by atoms with Gasteiger partial charge in [-0.2, -0.15) is 18.3 Å². The second-order valence-electron chi connectivity index (χ2n) is 6.82. The fourth-order valence-corrected chi connectivity index (χ4v) is 3.76. The Labute approximate surface area is 198 Å². The summed E-state index contributed by atoms with van der Waals surface area (Å²) in [5.74, 6) is 1.40. The second kappa shape index (κ2) is 11.1. The molecule has 0 bridgehead atoms. The normalized spacial score (nSPS) is 11.6. The summed E-state index contributed by atoms with van der Waals surface area (Å²) in [7, 11) is 3.10. The van der Waals surface area contributed by atoms with Crippen molar-refractivity contribution >= 4 is 23.9 Å². The number of hydrazone groups is 1. The van der Waals surface area contributed by atoms with Gasteiger partial charge in [-0.15, -0.1) is 10.2 Å². The number of nitrogens with zero attached hydrogens (tertiary/aromatic N) is 4. The van der Waals surface area contributed by atoms with Crippen LogP contribution >= 0.6 is 11.8 Å². The van der Waals surface area contributed by atoms with Gasteiger partial charge in [0, 0.05) is 12.1 Å². The number of nitrogens with one attached hydrogen (secondary N) is 1. The van der Waals surface area contributed by atoms with Crippen molar-refractivity contribution in [3.05, 3.63) is 53.6 Å². The largest absolute Gasteiger partial charge is 0.493 e. The number of ether oxygens (including phenoxy) is 2. The molecule has 0 saturated heterocycles. The van der Waals surface area contributed by atoms with E-state index in [1.54, 1.807) is 26.4 Å². The zero-order valence-corrected chi connectivity index (χ0v) is 19.4. The van der Waals surface area contributed by atoms with Crippen LogP contribution in [0.3, 0.4) is 0 Å². The van der Waals surface area contributed by atoms with E-state index in [9.17, 15) is 18.0 Å². The molecule has 1 aromatic heterocycles. The van der Waals surface area contributed by atoms with Crippen LogP contribution in [-0.4, -0.2) is 46.9 Å². The lowest BCUT2D eigenvalue weighted by Gasteiger charge is -2.10. The number of hydrogen-bond donors (Lipinski definition) is 1. The minimum Gasteiger partial charge on any atom is -0.493 e. The Morgan fingerprint density at radius 2 is 1.82 bits per heavy atom. The van der Waals surface area contributed by atoms with Crippen LogP contribution in [0.5, 0.6) is 11.5 Å². The maximum atomic E-state index is 12.6. The Morgan fingerprint density at radius 3 is 2.44 bits per heavy atom. The molecule has 0 aliphatic heterocycles. The molecule has 1 N–H and O–H groups in total. The van der Waals surface area contributed by atoms with Gasteiger partial charge in [0.1, 0.15) is 0 Å². The van der Waals surface area contributed by atoms with Gasteiger partial charge in [0.25, 0.3) is 5.91 Å². The number of methoxy groups -OCH3 is 2. The van der Waals surface area contributed by atoms with Gasteiger partial charge in [-0.1, -0.05) is 23.9 Å². The van der Waals surface area contributed by atoms with Gasteiger partial charge in [-0.05, 0) is 42.8 Å². The van der Waals surface area contributed by atoms with E-state index >= 15 is 0 Å². The van der Waals surface area contributed by atoms with Crippen LogP contribution in [0.25, 0.3) is 11.4 Å². The molecule has 0 saturated carbocycles. The first kappa shape index (κ1) is 25.1. The SMILES string of the molecule is CCn1c(SCC(=O)N/N=C\c2ccc(C(F)(F)F)cc2)nnc1-c1ccc(OC)c(OC)c1. The standard InChI is InChI=1S/C22H22F3N5O3S/c1-4-30-20(15-7-10-17(32-2)18(11-15)33-3)28-29-21(30)34-13-19(31)27-26-12-14-5-8-16(9-6-14)22(23,24)25/h5-12H,4,13H2,1-3H3,(H,27,31)/b26-12-. The van der Waals surface area contributed by atoms with E-state index in [-0.39, 0.29) is 5.75 Å². The molecule has 0 atom stereocenters. The minimum absolute atomic E-state index is 0.0222. The Hall–Kier alpha value is -3.54. The second-order valence-corrected chi connectivity index (χ2v) is 7.76. The lowest BCUT2D eigenvalue weighted by atomic mass is 10.1. The molecule has 180 valence electrons. The number of hydrogen-bond acceptors (Lipinski definition) is 7. The maximum Gasteiger partial charge on any atom is 0.416 e. The van der Waals surface area contributed by atoms with Crippen molar-refractivity contribution in [1.29, 1.82) is 0 Å². The molecule has 2 aromatic carbocycles. The average Bonchev–Trinajstić information content (AvgIpc) is 3.25. The highest BCUT2D eigenvalue weighted by Crippen LogP contribution is 2.33. The van der Waals surface area contributed by atoms with Crippen LogP contribution in [0, 0.1) is 0 Å². The third-order valence-corrected chi connectivity index (χ3v) is 5.61. The summed E-state index contributed by atoms with van der Waals surface area (Å²) in [5.41, 5.74) is 2.80. The number of benzene rings is 2. The summed E-state index contributed by atoms with van der Waals surface area (Å²) in [5, 5.41) is 12.8. The highest BCUT2D eigenvalue weighted by molar-refractivity contribution is 7.99. The molecule has 3 aromatic rings. The highest BCUT2D eigenvalue weighted by atomic mass is 32.2. The van der Waals surface area contributed by atoms with Crippen molar-refractivity contribution in [3.63, 3.8) is 0 Å². The number of halogens is 3. The first-order valence-corrected chi connectivity index (χ1v) is 11.0. The minimum atomic E-state index is -4.40. The molecule has 0 aliphatic carbocycles. The third kappa shape index (κ3) is 6.07. The van der Waals surface area contributed by atoms with Gasteiger partial charge in [-0.25, -0.2) is 5.43 Å². The van der Waals surface area contributed by atoms with Crippen molar-refractivity contribution in [1.82, 2.24) is 20.2 Å². The number of carbonyl (C=O) groups is 1. The van der Waals surface area contributed by atoms with Crippen molar-refractivity contribution in [2.24, 2.45) is 5.10 Å². The van der Waals surface area contributed by atoms with E-state index in [0.29, 0.717) is 34.6 Å². The molecule has 0 unspecified atom stereocenters. The number of carbonyl (C=O) groups excluding carboxylic acids is 1. The van der Waals surface area contributed by atoms with Gasteiger partial charge in [0.15, 0.2) is 22.5 Å². The summed E-state index contributed by atoms with van der Waals surface area (Å²) in [6, 6.07) is 9.86. The van der Waals surface area contributed by atoms with E-state index in [1.165, 1.54) is 30.1 Å². The maximum absolute atomic E-state index is 12.6. The van der Waals surface area contributed by atoms with Crippen LogP contribution in [0.4, 0.5) is 13.2 Å². The molecule has 34 heavy (non-hydrogen) atoms. The smallest absolute Gasteiger partial charge is 0.416 e. The van der Waals surface area contributed by atoms with Crippen LogP contribution in [-0.2, 0) is 17.5 Å². The Morgan fingerprint density at radius 1 is 1.12 bits per heavy atom. The molecular weight excluding hydrogens is 471 g/mol. The molecule has 1 amide bonds. The molecule has 12 heteroatoms. The van der Waals surface area contributed by atoms with Gasteiger partial charge >= 0.3 is 6.18 Å². The van der Waals surface area contributed by atoms with Gasteiger partial charge in [0.2, 0.25) is 0 Å². The molecule has 0 spiro atoms. The summed E-state index contributed by atoms with van der Waals surface area (Å²) >= 11 is 1.19. The fourth-order valence-electron chi connectivity index (χ4n) is 2.97. The van der Waals surface area contributed by atoms with Gasteiger partial charge < -0.3 is 14.0 Å². The van der Waals surface area contributed by atoms with Crippen molar-refractivity contribution in [2.45, 2.75) is 24.8 Å². The first-order chi connectivity index (χ1) is 16.3. The molecule has 0 fully saturated rings. The quantitative estimate of drug-likeness (QED) is 0.272. The molecule has 3 rings (SSSR count). The lowest BCUT2D eigenvalue weighted by Crippen LogP contribution is -2.20. The predicted molar refractivity (Wildman–Crippen MR) is 122 cm³/mol. The summed E-state index contributed by atoms with van der Waals surface area (Å²) in [4.78, 5) is 12.1. The summed E-state index contributed by atoms with van der Waals surface area (Å²) in [6.07, 6.45) is -3.13. The molecule has 0 aliphatic rings. The Kier molecular flexibility index (Phi) is 8.16. The van der Waals surface area contributed by atoms with E-state index in [0.717, 1.165) is 17.7 Å². The van der Waals surface area contributed by atoms with Crippen LogP contribution < -0.4 is 14.9 Å². The topological polar surface area (TPSA) is 90.6 Å². The zero-order valence-electron chi connectivity index (χ0n) is 18.6. The van der Waals surface area contributed by atoms with Crippen molar-refractivity contribution in [3.8, 4) is 22.9 Å². The Balaban J connectivity index is 1.61. The highest BCUT2D eigenvalue weighted by Gasteiger charge is 2.29. The van der Waals surface area contributed by atoms with E-state index < -0.39 is 17.6 Å². The van der Waals surface area contributed by atoms with Crippen molar-refractivity contribution < 1.29 is 27.4 Å². The van der Waals surface area contributed by atoms with Gasteiger partial charge in [0.05, 0.1) is 31.8 Å². The van der Waals surface area contributed by atoms with Crippen LogP contribution in [0.1, 0.15) is 18.1 Å². The Bertz CT molecular complexity index is 1160. The molecule has 0 radical (unpaired) electrons. The number of aromatic nitrogens is 3. The van der Waals surface area contributed by atoms with E-state index in [1.807, 2.05) is 17.6 Å². The fraction of sp³-hybridized carbons (Fsp3) is 0.273. The average molecular weight is 494 g/mol. The molecular formula is C22H22F3N5O3S. The molecule has 1 heterocycles. The van der Waals surface area contributed by atoms with E-state index in [4.69, 9.17) is 9.47 Å². The third-order valence-electron chi connectivity index (χ3n) is 4.65. The number of rotatable bonds is 9. The van der Waals surface area contributed by atoms with Crippen molar-refractivity contribution in [2.75, 3.05) is 20.0 Å². The lowest BCUT2D eigenvalue weighted by molar-refractivity contribution is -0.137. The van der Waals surface area contributed by atoms with Gasteiger partial charge in [-0.3, -0.25) is 4.79 Å². The molecule has 8 nitrogen and oxygen atoms in total. The number of thioether (sulfide) groups is 1. The predicted octanol–water partition coefficient (Wildman–Crippen LogP) is 4.24. The van der Waals surface area contributed by atoms with E-state index in [2.05, 4.69) is 20.7 Å². The number of amides is 1. The number of alkyl halides is 3. The van der Waals surface area contributed by atoms with Crippen LogP contribution in [0.2, 0.25) is 0 Å². The first-order valence-electron chi connectivity index (χ1n) is 10.0. The monoisotopic (exact) mass is 493 g/mol. The summed E-state index contributed by atoms with van der Waals surface area (Å²) in [6.45, 7) is 2.51.